The van der Waals surface area contributed by atoms with Crippen LogP contribution in [0.1, 0.15) is 19.4 Å². The van der Waals surface area contributed by atoms with Crippen molar-refractivity contribution in [3.63, 3.8) is 0 Å². The first-order chi connectivity index (χ1) is 12.4. The Morgan fingerprint density at radius 2 is 1.77 bits per heavy atom. The highest BCUT2D eigenvalue weighted by molar-refractivity contribution is 5.99. The average molecular weight is 351 g/mol. The van der Waals surface area contributed by atoms with Crippen LogP contribution in [0, 0.1) is 0 Å². The molecule has 2 fully saturated rings. The predicted molar refractivity (Wildman–Crippen MR) is 102 cm³/mol. The first-order valence-corrected chi connectivity index (χ1v) is 9.17. The molecule has 5 heteroatoms. The lowest BCUT2D eigenvalue weighted by Crippen LogP contribution is -2.72. The predicted octanol–water partition coefficient (Wildman–Crippen LogP) is 2.10. The summed E-state index contributed by atoms with van der Waals surface area (Å²) >= 11 is 0. The molecular formula is C21H25N3O2. The lowest BCUT2D eigenvalue weighted by atomic mass is 9.93. The molecule has 26 heavy (non-hydrogen) atoms. The molecule has 2 amide bonds. The van der Waals surface area contributed by atoms with Crippen molar-refractivity contribution < 1.29 is 9.59 Å². The Kier molecular flexibility index (Phi) is 3.99. The van der Waals surface area contributed by atoms with E-state index in [0.29, 0.717) is 13.1 Å². The Morgan fingerprint density at radius 3 is 2.54 bits per heavy atom. The van der Waals surface area contributed by atoms with E-state index in [2.05, 4.69) is 41.3 Å². The van der Waals surface area contributed by atoms with Gasteiger partial charge in [-0.05, 0) is 36.2 Å². The van der Waals surface area contributed by atoms with E-state index in [1.54, 1.807) is 16.8 Å². The Hall–Kier alpha value is -2.40. The molecule has 0 N–H and O–H groups in total. The number of carbonyl (C=O) groups excluding carboxylic acids is 2. The van der Waals surface area contributed by atoms with Crippen LogP contribution in [0.2, 0.25) is 0 Å². The van der Waals surface area contributed by atoms with Crippen LogP contribution >= 0.6 is 0 Å². The van der Waals surface area contributed by atoms with Gasteiger partial charge in [0.25, 0.3) is 0 Å². The molecule has 0 aromatic heterocycles. The highest BCUT2D eigenvalue weighted by Gasteiger charge is 2.50. The maximum absolute atomic E-state index is 12.8. The van der Waals surface area contributed by atoms with Crippen molar-refractivity contribution in [2.75, 3.05) is 26.7 Å². The zero-order valence-corrected chi connectivity index (χ0v) is 15.6. The highest BCUT2D eigenvalue weighted by Crippen LogP contribution is 2.28. The van der Waals surface area contributed by atoms with Crippen molar-refractivity contribution in [2.24, 2.45) is 0 Å². The van der Waals surface area contributed by atoms with Crippen LogP contribution in [0.3, 0.4) is 0 Å². The third-order valence-corrected chi connectivity index (χ3v) is 5.92. The maximum Gasteiger partial charge on any atom is 0.248 e. The molecule has 0 bridgehead atoms. The second-order valence-electron chi connectivity index (χ2n) is 7.89. The fourth-order valence-corrected chi connectivity index (χ4v) is 4.03. The lowest BCUT2D eigenvalue weighted by molar-refractivity contribution is -0.170. The number of nitrogens with zero attached hydrogens (tertiary/aromatic N) is 3. The van der Waals surface area contributed by atoms with Crippen LogP contribution in [0.4, 0.5) is 0 Å². The third kappa shape index (κ3) is 2.67. The number of hydrogen-bond acceptors (Lipinski definition) is 3. The minimum Gasteiger partial charge on any atom is -0.330 e. The summed E-state index contributed by atoms with van der Waals surface area (Å²) in [5.41, 5.74) is 0.481. The standard InChI is InChI=1S/C21H25N3O2/c1-21(2)20(26)24-11-10-23(14-18(24)19(25)22(21)3)13-15-8-9-16-6-4-5-7-17(16)12-15/h4-9,12,18H,10-11,13-14H2,1-3H3. The molecule has 2 aromatic carbocycles. The normalized spacial score (nSPS) is 23.4. The van der Waals surface area contributed by atoms with Gasteiger partial charge in [-0.3, -0.25) is 14.5 Å². The number of fused-ring (bicyclic) bond motifs is 2. The Balaban J connectivity index is 1.52. The van der Waals surface area contributed by atoms with Gasteiger partial charge in [0.2, 0.25) is 11.8 Å². The molecule has 1 atom stereocenters. The summed E-state index contributed by atoms with van der Waals surface area (Å²) in [5.74, 6) is 0.0905. The molecule has 4 rings (SSSR count). The second-order valence-corrected chi connectivity index (χ2v) is 7.89. The summed E-state index contributed by atoms with van der Waals surface area (Å²) in [6.07, 6.45) is 0. The molecule has 0 saturated carbocycles. The van der Waals surface area contributed by atoms with Crippen molar-refractivity contribution >= 4 is 22.6 Å². The molecule has 2 saturated heterocycles. The Bertz CT molecular complexity index is 876. The summed E-state index contributed by atoms with van der Waals surface area (Å²) in [5, 5.41) is 2.46. The van der Waals surface area contributed by atoms with Crippen LogP contribution in [-0.2, 0) is 16.1 Å². The third-order valence-electron chi connectivity index (χ3n) is 5.92. The minimum atomic E-state index is -0.756. The molecule has 2 aliphatic rings. The summed E-state index contributed by atoms with van der Waals surface area (Å²) in [6.45, 7) is 6.44. The number of carbonyl (C=O) groups is 2. The average Bonchev–Trinajstić information content (AvgIpc) is 2.65. The number of hydrogen-bond donors (Lipinski definition) is 0. The van der Waals surface area contributed by atoms with Crippen LogP contribution in [-0.4, -0.2) is 64.8 Å². The Labute approximate surface area is 154 Å². The quantitative estimate of drug-likeness (QED) is 0.832. The number of rotatable bonds is 2. The van der Waals surface area contributed by atoms with Gasteiger partial charge in [0, 0.05) is 33.2 Å². The number of amides is 2. The van der Waals surface area contributed by atoms with Gasteiger partial charge in [-0.2, -0.15) is 0 Å². The topological polar surface area (TPSA) is 43.9 Å². The van der Waals surface area contributed by atoms with E-state index < -0.39 is 5.54 Å². The molecule has 0 aliphatic carbocycles. The smallest absolute Gasteiger partial charge is 0.248 e. The zero-order chi connectivity index (χ0) is 18.5. The first-order valence-electron chi connectivity index (χ1n) is 9.17. The van der Waals surface area contributed by atoms with Crippen LogP contribution in [0.5, 0.6) is 0 Å². The van der Waals surface area contributed by atoms with Crippen molar-refractivity contribution in [1.29, 1.82) is 0 Å². The SMILES string of the molecule is CN1C(=O)C2CN(Cc3ccc4ccccc4c3)CCN2C(=O)C1(C)C. The van der Waals surface area contributed by atoms with Gasteiger partial charge in [-0.1, -0.05) is 36.4 Å². The molecular weight excluding hydrogens is 326 g/mol. The molecule has 2 heterocycles. The van der Waals surface area contributed by atoms with Gasteiger partial charge in [0.1, 0.15) is 11.6 Å². The van der Waals surface area contributed by atoms with Crippen LogP contribution in [0.15, 0.2) is 42.5 Å². The fourth-order valence-electron chi connectivity index (χ4n) is 4.03. The van der Waals surface area contributed by atoms with Gasteiger partial charge >= 0.3 is 0 Å². The minimum absolute atomic E-state index is 0.0396. The van der Waals surface area contributed by atoms with E-state index in [1.165, 1.54) is 16.3 Å². The lowest BCUT2D eigenvalue weighted by Gasteiger charge is -2.51. The van der Waals surface area contributed by atoms with Crippen molar-refractivity contribution in [3.05, 3.63) is 48.0 Å². The highest BCUT2D eigenvalue weighted by atomic mass is 16.2. The van der Waals surface area contributed by atoms with E-state index in [-0.39, 0.29) is 17.9 Å². The van der Waals surface area contributed by atoms with Gasteiger partial charge < -0.3 is 9.80 Å². The van der Waals surface area contributed by atoms with Gasteiger partial charge in [0.15, 0.2) is 0 Å². The first kappa shape index (κ1) is 17.0. The molecule has 0 spiro atoms. The summed E-state index contributed by atoms with van der Waals surface area (Å²) < 4.78 is 0. The summed E-state index contributed by atoms with van der Waals surface area (Å²) in [6, 6.07) is 14.5. The molecule has 136 valence electrons. The summed E-state index contributed by atoms with van der Waals surface area (Å²) in [4.78, 5) is 31.2. The second kappa shape index (κ2) is 6.09. The summed E-state index contributed by atoms with van der Waals surface area (Å²) in [7, 11) is 1.74. The molecule has 2 aromatic rings. The van der Waals surface area contributed by atoms with E-state index in [4.69, 9.17) is 0 Å². The fraction of sp³-hybridized carbons (Fsp3) is 0.429. The molecule has 2 aliphatic heterocycles. The van der Waals surface area contributed by atoms with Crippen molar-refractivity contribution in [3.8, 4) is 0 Å². The zero-order valence-electron chi connectivity index (χ0n) is 15.6. The van der Waals surface area contributed by atoms with E-state index >= 15 is 0 Å². The van der Waals surface area contributed by atoms with Crippen LogP contribution < -0.4 is 0 Å². The number of piperazine rings is 2. The Morgan fingerprint density at radius 1 is 1.04 bits per heavy atom. The van der Waals surface area contributed by atoms with E-state index in [1.807, 2.05) is 19.9 Å². The van der Waals surface area contributed by atoms with Gasteiger partial charge in [-0.15, -0.1) is 0 Å². The van der Waals surface area contributed by atoms with Crippen LogP contribution in [0.25, 0.3) is 10.8 Å². The molecule has 1 unspecified atom stereocenters. The van der Waals surface area contributed by atoms with Gasteiger partial charge in [-0.25, -0.2) is 0 Å². The number of benzene rings is 2. The largest absolute Gasteiger partial charge is 0.330 e. The monoisotopic (exact) mass is 351 g/mol. The van der Waals surface area contributed by atoms with E-state index in [0.717, 1.165) is 13.1 Å². The van der Waals surface area contributed by atoms with Crippen molar-refractivity contribution in [2.45, 2.75) is 32.0 Å². The number of likely N-dealkylation sites (N-methyl/N-ethyl adjacent to an activating group) is 1. The van der Waals surface area contributed by atoms with E-state index in [9.17, 15) is 9.59 Å². The molecule has 5 nitrogen and oxygen atoms in total. The molecule has 0 radical (unpaired) electrons. The van der Waals surface area contributed by atoms with Gasteiger partial charge in [0.05, 0.1) is 0 Å². The maximum atomic E-state index is 12.8. The van der Waals surface area contributed by atoms with Crippen molar-refractivity contribution in [1.82, 2.24) is 14.7 Å².